The standard InChI is InChI=1S/C39H72O3/c40-35-39(42-34-26-18-14-10-6-2-4-8-12-16-20-28-38-31-23-24-32-38)36-41-33-25-17-13-9-5-1-3-7-11-15-19-27-37-29-21-22-30-37/h21,23,29,31,37-40H,1-20,22,24-28,30,32-36H2. The van der Waals surface area contributed by atoms with Gasteiger partial charge in [-0.2, -0.15) is 0 Å². The molecule has 42 heavy (non-hydrogen) atoms. The summed E-state index contributed by atoms with van der Waals surface area (Å²) in [4.78, 5) is 0. The third-order valence-electron chi connectivity index (χ3n) is 9.67. The molecule has 0 aliphatic heterocycles. The van der Waals surface area contributed by atoms with Crippen molar-refractivity contribution in [2.24, 2.45) is 11.8 Å². The molecule has 2 rings (SSSR count). The van der Waals surface area contributed by atoms with Crippen LogP contribution in [0.25, 0.3) is 0 Å². The van der Waals surface area contributed by atoms with Gasteiger partial charge in [-0.25, -0.2) is 0 Å². The molecule has 0 amide bonds. The van der Waals surface area contributed by atoms with Gasteiger partial charge in [0.2, 0.25) is 0 Å². The molecule has 246 valence electrons. The number of hydrogen-bond donors (Lipinski definition) is 1. The Labute approximate surface area is 262 Å². The molecule has 3 unspecified atom stereocenters. The van der Waals surface area contributed by atoms with E-state index in [1.165, 1.54) is 167 Å². The molecule has 3 atom stereocenters. The second kappa shape index (κ2) is 29.1. The van der Waals surface area contributed by atoms with E-state index in [1.54, 1.807) is 0 Å². The van der Waals surface area contributed by atoms with Gasteiger partial charge >= 0.3 is 0 Å². The Hall–Kier alpha value is -0.640. The number of hydrogen-bond acceptors (Lipinski definition) is 3. The van der Waals surface area contributed by atoms with Gasteiger partial charge in [0, 0.05) is 13.2 Å². The zero-order valence-corrected chi connectivity index (χ0v) is 27.9. The van der Waals surface area contributed by atoms with Crippen LogP contribution >= 0.6 is 0 Å². The van der Waals surface area contributed by atoms with Crippen molar-refractivity contribution in [1.82, 2.24) is 0 Å². The molecule has 1 N–H and O–H groups in total. The van der Waals surface area contributed by atoms with Gasteiger partial charge in [-0.05, 0) is 63.2 Å². The summed E-state index contributed by atoms with van der Waals surface area (Å²) in [5, 5.41) is 9.61. The van der Waals surface area contributed by atoms with Crippen LogP contribution < -0.4 is 0 Å². The fourth-order valence-electron chi connectivity index (χ4n) is 6.79. The van der Waals surface area contributed by atoms with Gasteiger partial charge in [-0.1, -0.05) is 153 Å². The van der Waals surface area contributed by atoms with Crippen molar-refractivity contribution in [2.45, 2.75) is 186 Å². The average Bonchev–Trinajstić information content (AvgIpc) is 3.73. The van der Waals surface area contributed by atoms with E-state index in [0.717, 1.165) is 37.9 Å². The first-order chi connectivity index (χ1) is 20.9. The Kier molecular flexibility index (Phi) is 26.0. The summed E-state index contributed by atoms with van der Waals surface area (Å²) in [6, 6.07) is 0. The van der Waals surface area contributed by atoms with Crippen LogP contribution in [0, 0.1) is 11.8 Å². The summed E-state index contributed by atoms with van der Waals surface area (Å²) in [7, 11) is 0. The number of rotatable bonds is 32. The molecule has 0 spiro atoms. The maximum atomic E-state index is 9.61. The summed E-state index contributed by atoms with van der Waals surface area (Å²) in [6.07, 6.45) is 47.8. The van der Waals surface area contributed by atoms with Gasteiger partial charge in [0.15, 0.2) is 0 Å². The summed E-state index contributed by atoms with van der Waals surface area (Å²) in [5.74, 6) is 1.80. The topological polar surface area (TPSA) is 38.7 Å². The average molecular weight is 589 g/mol. The fourth-order valence-corrected chi connectivity index (χ4v) is 6.79. The van der Waals surface area contributed by atoms with Crippen molar-refractivity contribution in [1.29, 1.82) is 0 Å². The predicted octanol–water partition coefficient (Wildman–Crippen LogP) is 11.7. The third-order valence-corrected chi connectivity index (χ3v) is 9.67. The highest BCUT2D eigenvalue weighted by atomic mass is 16.5. The number of allylic oxidation sites excluding steroid dienone is 4. The van der Waals surface area contributed by atoms with Crippen LogP contribution in [0.3, 0.4) is 0 Å². The Morgan fingerprint density at radius 3 is 1.26 bits per heavy atom. The minimum Gasteiger partial charge on any atom is -0.394 e. The molecular weight excluding hydrogens is 516 g/mol. The van der Waals surface area contributed by atoms with Crippen molar-refractivity contribution < 1.29 is 14.6 Å². The van der Waals surface area contributed by atoms with Crippen LogP contribution in [0.1, 0.15) is 180 Å². The highest BCUT2D eigenvalue weighted by Crippen LogP contribution is 2.24. The molecule has 0 aromatic carbocycles. The van der Waals surface area contributed by atoms with E-state index >= 15 is 0 Å². The second-order valence-corrected chi connectivity index (χ2v) is 13.6. The number of unbranched alkanes of at least 4 members (excludes halogenated alkanes) is 20. The first kappa shape index (κ1) is 37.5. The minimum absolute atomic E-state index is 0.0650. The van der Waals surface area contributed by atoms with Gasteiger partial charge in [0.1, 0.15) is 6.10 Å². The van der Waals surface area contributed by atoms with Crippen molar-refractivity contribution >= 4 is 0 Å². The molecule has 0 saturated carbocycles. The lowest BCUT2D eigenvalue weighted by atomic mass is 9.99. The van der Waals surface area contributed by atoms with E-state index < -0.39 is 0 Å². The van der Waals surface area contributed by atoms with Gasteiger partial charge in [-0.15, -0.1) is 0 Å². The van der Waals surface area contributed by atoms with Gasteiger partial charge < -0.3 is 14.6 Å². The van der Waals surface area contributed by atoms with E-state index in [9.17, 15) is 5.11 Å². The van der Waals surface area contributed by atoms with E-state index in [4.69, 9.17) is 9.47 Å². The summed E-state index contributed by atoms with van der Waals surface area (Å²) in [6.45, 7) is 2.15. The molecule has 0 fully saturated rings. The summed E-state index contributed by atoms with van der Waals surface area (Å²) < 4.78 is 11.7. The van der Waals surface area contributed by atoms with E-state index in [-0.39, 0.29) is 12.7 Å². The zero-order chi connectivity index (χ0) is 29.6. The largest absolute Gasteiger partial charge is 0.394 e. The van der Waals surface area contributed by atoms with Crippen LogP contribution in [0.15, 0.2) is 24.3 Å². The zero-order valence-electron chi connectivity index (χ0n) is 27.9. The van der Waals surface area contributed by atoms with Crippen LogP contribution in [0.4, 0.5) is 0 Å². The van der Waals surface area contributed by atoms with Gasteiger partial charge in [0.25, 0.3) is 0 Å². The Bertz CT molecular complexity index is 615. The van der Waals surface area contributed by atoms with Crippen molar-refractivity contribution in [3.63, 3.8) is 0 Å². The highest BCUT2D eigenvalue weighted by Gasteiger charge is 2.09. The lowest BCUT2D eigenvalue weighted by molar-refractivity contribution is -0.0437. The SMILES string of the molecule is OCC(COCCCCCCCCCCCCCC1C=CCC1)OCCCCCCCCCCCCCC1C=CCC1. The molecule has 0 aromatic heterocycles. The summed E-state index contributed by atoms with van der Waals surface area (Å²) >= 11 is 0. The monoisotopic (exact) mass is 589 g/mol. The third kappa shape index (κ3) is 22.8. The van der Waals surface area contributed by atoms with Gasteiger partial charge in [-0.3, -0.25) is 0 Å². The number of aliphatic hydroxyl groups is 1. The van der Waals surface area contributed by atoms with Crippen LogP contribution in [0.2, 0.25) is 0 Å². The number of ether oxygens (including phenoxy) is 2. The lowest BCUT2D eigenvalue weighted by Gasteiger charge is -2.15. The van der Waals surface area contributed by atoms with Crippen molar-refractivity contribution in [3.8, 4) is 0 Å². The molecule has 0 aromatic rings. The fraction of sp³-hybridized carbons (Fsp3) is 0.897. The maximum Gasteiger partial charge on any atom is 0.104 e. The maximum absolute atomic E-state index is 9.61. The highest BCUT2D eigenvalue weighted by molar-refractivity contribution is 4.96. The quantitative estimate of drug-likeness (QED) is 0.0627. The molecule has 0 saturated heterocycles. The van der Waals surface area contributed by atoms with Crippen molar-refractivity contribution in [3.05, 3.63) is 24.3 Å². The molecule has 3 heteroatoms. The second-order valence-electron chi connectivity index (χ2n) is 13.6. The molecule has 0 heterocycles. The Balaban J connectivity index is 1.20. The van der Waals surface area contributed by atoms with Gasteiger partial charge in [0.05, 0.1) is 13.2 Å². The van der Waals surface area contributed by atoms with Crippen LogP contribution in [-0.2, 0) is 9.47 Å². The van der Waals surface area contributed by atoms with Crippen LogP contribution in [0.5, 0.6) is 0 Å². The normalized spacial score (nSPS) is 18.9. The molecular formula is C39H72O3. The summed E-state index contributed by atoms with van der Waals surface area (Å²) in [5.41, 5.74) is 0. The lowest BCUT2D eigenvalue weighted by Crippen LogP contribution is -2.24. The predicted molar refractivity (Wildman–Crippen MR) is 182 cm³/mol. The molecule has 3 nitrogen and oxygen atoms in total. The van der Waals surface area contributed by atoms with Crippen LogP contribution in [-0.4, -0.2) is 37.6 Å². The first-order valence-corrected chi connectivity index (χ1v) is 19.0. The molecule has 0 bridgehead atoms. The van der Waals surface area contributed by atoms with E-state index in [0.29, 0.717) is 6.61 Å². The molecule has 2 aliphatic rings. The molecule has 2 aliphatic carbocycles. The Morgan fingerprint density at radius 2 is 0.881 bits per heavy atom. The first-order valence-electron chi connectivity index (χ1n) is 19.0. The van der Waals surface area contributed by atoms with Crippen molar-refractivity contribution in [2.75, 3.05) is 26.4 Å². The van der Waals surface area contributed by atoms with E-state index in [1.807, 2.05) is 0 Å². The Morgan fingerprint density at radius 1 is 0.500 bits per heavy atom. The number of aliphatic hydroxyl groups excluding tert-OH is 1. The van der Waals surface area contributed by atoms with E-state index in [2.05, 4.69) is 24.3 Å². The smallest absolute Gasteiger partial charge is 0.104 e. The minimum atomic E-state index is -0.154. The molecule has 0 radical (unpaired) electrons.